The van der Waals surface area contributed by atoms with Crippen molar-refractivity contribution in [1.82, 2.24) is 4.98 Å². The number of aromatic nitrogens is 1. The van der Waals surface area contributed by atoms with Gasteiger partial charge in [-0.2, -0.15) is 0 Å². The largest absolute Gasteiger partial charge is 0.264 e. The molecule has 0 saturated heterocycles. The fraction of sp³-hybridized carbons (Fsp3) is 0.353. The molecule has 0 amide bonds. The first kappa shape index (κ1) is 15.0. The third-order valence-electron chi connectivity index (χ3n) is 4.17. The van der Waals surface area contributed by atoms with Gasteiger partial charge in [0.25, 0.3) is 10.0 Å². The van der Waals surface area contributed by atoms with Gasteiger partial charge in [0.05, 0.1) is 16.3 Å². The summed E-state index contributed by atoms with van der Waals surface area (Å²) in [6, 6.07) is 8.95. The Kier molecular flexibility index (Phi) is 3.68. The lowest BCUT2D eigenvalue weighted by Crippen LogP contribution is -2.36. The Morgan fingerprint density at radius 1 is 1.09 bits per heavy atom. The molecule has 0 aliphatic carbocycles. The summed E-state index contributed by atoms with van der Waals surface area (Å²) in [4.78, 5) is 4.92. The molecule has 116 valence electrons. The molecule has 1 aromatic carbocycles. The second-order valence-corrected chi connectivity index (χ2v) is 7.71. The first-order valence-corrected chi connectivity index (χ1v) is 8.90. The zero-order valence-corrected chi connectivity index (χ0v) is 13.9. The highest BCUT2D eigenvalue weighted by Gasteiger charge is 2.30. The quantitative estimate of drug-likeness (QED) is 0.855. The summed E-state index contributed by atoms with van der Waals surface area (Å²) in [5, 5.41) is 0. The third kappa shape index (κ3) is 2.50. The Bertz CT molecular complexity index is 811. The van der Waals surface area contributed by atoms with Crippen LogP contribution in [-0.2, 0) is 16.4 Å². The molecule has 0 atom stereocenters. The topological polar surface area (TPSA) is 50.3 Å². The second-order valence-electron chi connectivity index (χ2n) is 5.85. The first-order valence-electron chi connectivity index (χ1n) is 7.46. The molecule has 1 aliphatic rings. The Labute approximate surface area is 131 Å². The molecule has 4 nitrogen and oxygen atoms in total. The Balaban J connectivity index is 2.10. The van der Waals surface area contributed by atoms with Gasteiger partial charge in [0.1, 0.15) is 0 Å². The third-order valence-corrected chi connectivity index (χ3v) is 6.00. The number of pyridine rings is 1. The van der Waals surface area contributed by atoms with Gasteiger partial charge < -0.3 is 0 Å². The van der Waals surface area contributed by atoms with Crippen LogP contribution in [0.1, 0.15) is 28.9 Å². The minimum atomic E-state index is -3.53. The summed E-state index contributed by atoms with van der Waals surface area (Å²) < 4.78 is 27.4. The number of aryl methyl sites for hydroxylation is 4. The molecule has 1 aromatic heterocycles. The van der Waals surface area contributed by atoms with E-state index < -0.39 is 10.0 Å². The molecular formula is C17H20N2O2S. The molecule has 3 rings (SSSR count). The van der Waals surface area contributed by atoms with E-state index in [1.54, 1.807) is 12.1 Å². The van der Waals surface area contributed by atoms with E-state index >= 15 is 0 Å². The van der Waals surface area contributed by atoms with E-state index in [0.29, 0.717) is 11.4 Å². The van der Waals surface area contributed by atoms with Gasteiger partial charge in [-0.15, -0.1) is 0 Å². The number of hydrogen-bond acceptors (Lipinski definition) is 3. The van der Waals surface area contributed by atoms with Crippen LogP contribution in [-0.4, -0.2) is 19.9 Å². The number of sulfonamides is 1. The van der Waals surface area contributed by atoms with Crippen LogP contribution in [0.5, 0.6) is 0 Å². The molecule has 0 radical (unpaired) electrons. The predicted molar refractivity (Wildman–Crippen MR) is 87.7 cm³/mol. The van der Waals surface area contributed by atoms with Gasteiger partial charge in [-0.1, -0.05) is 17.7 Å². The molecule has 0 spiro atoms. The maximum atomic E-state index is 13.0. The lowest BCUT2D eigenvalue weighted by atomic mass is 10.1. The van der Waals surface area contributed by atoms with Crippen LogP contribution in [0.3, 0.4) is 0 Å². The highest BCUT2D eigenvalue weighted by atomic mass is 32.2. The first-order chi connectivity index (χ1) is 10.4. The molecule has 0 saturated carbocycles. The van der Waals surface area contributed by atoms with E-state index in [-0.39, 0.29) is 0 Å². The lowest BCUT2D eigenvalue weighted by molar-refractivity contribution is 0.585. The summed E-state index contributed by atoms with van der Waals surface area (Å²) in [6.45, 7) is 6.38. The molecule has 0 fully saturated rings. The van der Waals surface area contributed by atoms with Crippen molar-refractivity contribution >= 4 is 15.7 Å². The minimum absolute atomic E-state index is 0.337. The highest BCUT2D eigenvalue weighted by molar-refractivity contribution is 7.92. The monoisotopic (exact) mass is 316 g/mol. The molecule has 0 N–H and O–H groups in total. The zero-order chi connectivity index (χ0) is 15.9. The van der Waals surface area contributed by atoms with Crippen molar-refractivity contribution in [3.63, 3.8) is 0 Å². The number of nitrogens with zero attached hydrogens (tertiary/aromatic N) is 2. The SMILES string of the molecule is Cc1ccc(S(=O)(=O)N2CCCc3nc(C)c(C)cc32)cc1. The summed E-state index contributed by atoms with van der Waals surface area (Å²) in [7, 11) is -3.53. The van der Waals surface area contributed by atoms with Crippen LogP contribution in [0.4, 0.5) is 5.69 Å². The number of rotatable bonds is 2. The van der Waals surface area contributed by atoms with Crippen molar-refractivity contribution in [3.8, 4) is 0 Å². The smallest absolute Gasteiger partial charge is 0.264 e. The van der Waals surface area contributed by atoms with Crippen molar-refractivity contribution in [2.75, 3.05) is 10.8 Å². The van der Waals surface area contributed by atoms with E-state index in [2.05, 4.69) is 4.98 Å². The van der Waals surface area contributed by atoms with Gasteiger partial charge >= 0.3 is 0 Å². The van der Waals surface area contributed by atoms with Gasteiger partial charge in [-0.25, -0.2) is 8.42 Å². The van der Waals surface area contributed by atoms with Crippen molar-refractivity contribution in [2.24, 2.45) is 0 Å². The van der Waals surface area contributed by atoms with E-state index in [0.717, 1.165) is 41.0 Å². The second kappa shape index (κ2) is 5.39. The van der Waals surface area contributed by atoms with E-state index in [9.17, 15) is 8.42 Å². The van der Waals surface area contributed by atoms with Crippen LogP contribution in [0, 0.1) is 20.8 Å². The van der Waals surface area contributed by atoms with Crippen molar-refractivity contribution in [1.29, 1.82) is 0 Å². The van der Waals surface area contributed by atoms with Crippen molar-refractivity contribution in [2.45, 2.75) is 38.5 Å². The summed E-state index contributed by atoms with van der Waals surface area (Å²) in [6.07, 6.45) is 1.63. The van der Waals surface area contributed by atoms with Crippen LogP contribution in [0.15, 0.2) is 35.2 Å². The summed E-state index contributed by atoms with van der Waals surface area (Å²) in [5.74, 6) is 0. The van der Waals surface area contributed by atoms with E-state index in [1.807, 2.05) is 39.0 Å². The van der Waals surface area contributed by atoms with Crippen LogP contribution < -0.4 is 4.31 Å². The Morgan fingerprint density at radius 2 is 1.77 bits per heavy atom. The summed E-state index contributed by atoms with van der Waals surface area (Å²) >= 11 is 0. The standard InChI is InChI=1S/C17H20N2O2S/c1-12-6-8-15(9-7-12)22(20,21)19-10-4-5-16-17(19)11-13(2)14(3)18-16/h6-9,11H,4-5,10H2,1-3H3. The molecule has 0 bridgehead atoms. The highest BCUT2D eigenvalue weighted by Crippen LogP contribution is 2.32. The van der Waals surface area contributed by atoms with Crippen LogP contribution in [0.25, 0.3) is 0 Å². The Morgan fingerprint density at radius 3 is 2.45 bits per heavy atom. The minimum Gasteiger partial charge on any atom is -0.264 e. The molecule has 2 aromatic rings. The van der Waals surface area contributed by atoms with Crippen molar-refractivity contribution < 1.29 is 8.42 Å². The molecule has 0 unspecified atom stereocenters. The van der Waals surface area contributed by atoms with Gasteiger partial charge in [-0.05, 0) is 57.4 Å². The van der Waals surface area contributed by atoms with Crippen LogP contribution in [0.2, 0.25) is 0 Å². The zero-order valence-electron chi connectivity index (χ0n) is 13.1. The predicted octanol–water partition coefficient (Wildman–Crippen LogP) is 3.15. The van der Waals surface area contributed by atoms with Gasteiger partial charge in [0.15, 0.2) is 0 Å². The lowest BCUT2D eigenvalue weighted by Gasteiger charge is -2.30. The average Bonchev–Trinajstić information content (AvgIpc) is 2.48. The number of fused-ring (bicyclic) bond motifs is 1. The van der Waals surface area contributed by atoms with Crippen LogP contribution >= 0.6 is 0 Å². The summed E-state index contributed by atoms with van der Waals surface area (Å²) in [5.41, 5.74) is 4.64. The number of hydrogen-bond donors (Lipinski definition) is 0. The van der Waals surface area contributed by atoms with Gasteiger partial charge in [0, 0.05) is 12.2 Å². The van der Waals surface area contributed by atoms with E-state index in [4.69, 9.17) is 0 Å². The molecule has 1 aliphatic heterocycles. The molecule has 5 heteroatoms. The van der Waals surface area contributed by atoms with Gasteiger partial charge in [0.2, 0.25) is 0 Å². The fourth-order valence-electron chi connectivity index (χ4n) is 2.74. The molecule has 22 heavy (non-hydrogen) atoms. The fourth-order valence-corrected chi connectivity index (χ4v) is 4.26. The number of anilines is 1. The average molecular weight is 316 g/mol. The maximum Gasteiger partial charge on any atom is 0.264 e. The maximum absolute atomic E-state index is 13.0. The Hall–Kier alpha value is -1.88. The molecular weight excluding hydrogens is 296 g/mol. The van der Waals surface area contributed by atoms with Gasteiger partial charge in [-0.3, -0.25) is 9.29 Å². The normalized spacial score (nSPS) is 14.8. The van der Waals surface area contributed by atoms with Crippen molar-refractivity contribution in [3.05, 3.63) is 52.8 Å². The van der Waals surface area contributed by atoms with E-state index in [1.165, 1.54) is 4.31 Å². The molecule has 2 heterocycles. The number of benzene rings is 1.